The SMILES string of the molecule is Fc1ccccc1CNc1cc2cnn(C3CCCCO3)c2cc1Br. The molecule has 1 unspecified atom stereocenters. The lowest BCUT2D eigenvalue weighted by atomic mass is 10.1. The van der Waals surface area contributed by atoms with E-state index >= 15 is 0 Å². The van der Waals surface area contributed by atoms with E-state index in [2.05, 4.69) is 26.3 Å². The summed E-state index contributed by atoms with van der Waals surface area (Å²) >= 11 is 3.61. The van der Waals surface area contributed by atoms with Crippen molar-refractivity contribution in [2.24, 2.45) is 0 Å². The molecule has 130 valence electrons. The molecule has 1 fully saturated rings. The molecule has 4 rings (SSSR count). The van der Waals surface area contributed by atoms with Gasteiger partial charge in [0.2, 0.25) is 0 Å². The van der Waals surface area contributed by atoms with Crippen LogP contribution in [-0.4, -0.2) is 16.4 Å². The lowest BCUT2D eigenvalue weighted by Crippen LogP contribution is -2.18. The van der Waals surface area contributed by atoms with Gasteiger partial charge in [-0.1, -0.05) is 18.2 Å². The van der Waals surface area contributed by atoms with Crippen molar-refractivity contribution in [2.45, 2.75) is 32.0 Å². The molecule has 1 atom stereocenters. The molecule has 1 saturated heterocycles. The highest BCUT2D eigenvalue weighted by Crippen LogP contribution is 2.32. The highest BCUT2D eigenvalue weighted by molar-refractivity contribution is 9.10. The van der Waals surface area contributed by atoms with E-state index in [4.69, 9.17) is 4.74 Å². The molecular formula is C19H19BrFN3O. The smallest absolute Gasteiger partial charge is 0.150 e. The number of benzene rings is 2. The van der Waals surface area contributed by atoms with Crippen molar-refractivity contribution in [1.82, 2.24) is 9.78 Å². The Morgan fingerprint density at radius 3 is 2.96 bits per heavy atom. The summed E-state index contributed by atoms with van der Waals surface area (Å²) in [5.41, 5.74) is 2.59. The number of hydrogen-bond acceptors (Lipinski definition) is 3. The number of nitrogens with zero attached hydrogens (tertiary/aromatic N) is 2. The average Bonchev–Trinajstić information content (AvgIpc) is 3.04. The highest BCUT2D eigenvalue weighted by atomic mass is 79.9. The van der Waals surface area contributed by atoms with Crippen molar-refractivity contribution >= 4 is 32.5 Å². The van der Waals surface area contributed by atoms with E-state index in [1.165, 1.54) is 6.07 Å². The molecule has 0 amide bonds. The Hall–Kier alpha value is -1.92. The summed E-state index contributed by atoms with van der Waals surface area (Å²) in [7, 11) is 0. The van der Waals surface area contributed by atoms with Crippen LogP contribution in [0.3, 0.4) is 0 Å². The summed E-state index contributed by atoms with van der Waals surface area (Å²) in [4.78, 5) is 0. The van der Waals surface area contributed by atoms with Gasteiger partial charge in [0.25, 0.3) is 0 Å². The number of rotatable bonds is 4. The first-order valence-corrected chi connectivity index (χ1v) is 9.27. The molecule has 2 aromatic carbocycles. The van der Waals surface area contributed by atoms with E-state index in [0.717, 1.165) is 46.9 Å². The van der Waals surface area contributed by atoms with Gasteiger partial charge in [-0.3, -0.25) is 0 Å². The van der Waals surface area contributed by atoms with Crippen LogP contribution >= 0.6 is 15.9 Å². The van der Waals surface area contributed by atoms with Gasteiger partial charge in [-0.05, 0) is 53.4 Å². The third kappa shape index (κ3) is 3.41. The predicted octanol–water partition coefficient (Wildman–Crippen LogP) is 5.25. The van der Waals surface area contributed by atoms with Gasteiger partial charge in [0.1, 0.15) is 5.82 Å². The zero-order valence-corrected chi connectivity index (χ0v) is 15.3. The number of hydrogen-bond donors (Lipinski definition) is 1. The van der Waals surface area contributed by atoms with Crippen molar-refractivity contribution in [3.05, 3.63) is 58.4 Å². The van der Waals surface area contributed by atoms with Gasteiger partial charge in [0, 0.05) is 34.3 Å². The molecular weight excluding hydrogens is 385 g/mol. The fourth-order valence-electron chi connectivity index (χ4n) is 3.18. The third-order valence-electron chi connectivity index (χ3n) is 4.54. The average molecular weight is 404 g/mol. The predicted molar refractivity (Wildman–Crippen MR) is 100.0 cm³/mol. The summed E-state index contributed by atoms with van der Waals surface area (Å²) in [6.45, 7) is 1.21. The minimum Gasteiger partial charge on any atom is -0.380 e. The molecule has 2 heterocycles. The van der Waals surface area contributed by atoms with Crippen molar-refractivity contribution in [2.75, 3.05) is 11.9 Å². The molecule has 1 aliphatic rings. The van der Waals surface area contributed by atoms with E-state index in [1.807, 2.05) is 29.1 Å². The van der Waals surface area contributed by atoms with Crippen LogP contribution in [-0.2, 0) is 11.3 Å². The number of aromatic nitrogens is 2. The maximum absolute atomic E-state index is 13.8. The summed E-state index contributed by atoms with van der Waals surface area (Å²) in [6, 6.07) is 10.9. The molecule has 1 aliphatic heterocycles. The van der Waals surface area contributed by atoms with Gasteiger partial charge < -0.3 is 10.1 Å². The summed E-state index contributed by atoms with van der Waals surface area (Å²) < 4.78 is 22.5. The van der Waals surface area contributed by atoms with Crippen LogP contribution in [0.25, 0.3) is 10.9 Å². The molecule has 0 saturated carbocycles. The minimum absolute atomic E-state index is 0.00961. The van der Waals surface area contributed by atoms with Gasteiger partial charge >= 0.3 is 0 Å². The molecule has 0 bridgehead atoms. The normalized spacial score (nSPS) is 17.8. The van der Waals surface area contributed by atoms with E-state index < -0.39 is 0 Å². The van der Waals surface area contributed by atoms with Gasteiger partial charge in [0.05, 0.1) is 11.7 Å². The van der Waals surface area contributed by atoms with Gasteiger partial charge in [-0.15, -0.1) is 0 Å². The van der Waals surface area contributed by atoms with Crippen LogP contribution in [0, 0.1) is 5.82 Å². The molecule has 1 N–H and O–H groups in total. The summed E-state index contributed by atoms with van der Waals surface area (Å²) in [5, 5.41) is 8.85. The maximum atomic E-state index is 13.8. The minimum atomic E-state index is -0.200. The topological polar surface area (TPSA) is 39.1 Å². The first-order valence-electron chi connectivity index (χ1n) is 8.48. The van der Waals surface area contributed by atoms with Crippen LogP contribution in [0.5, 0.6) is 0 Å². The maximum Gasteiger partial charge on any atom is 0.150 e. The Morgan fingerprint density at radius 2 is 2.16 bits per heavy atom. The van der Waals surface area contributed by atoms with Crippen molar-refractivity contribution in [3.8, 4) is 0 Å². The fraction of sp³-hybridized carbons (Fsp3) is 0.316. The molecule has 4 nitrogen and oxygen atoms in total. The van der Waals surface area contributed by atoms with E-state index in [1.54, 1.807) is 12.1 Å². The van der Waals surface area contributed by atoms with Gasteiger partial charge in [-0.25, -0.2) is 9.07 Å². The lowest BCUT2D eigenvalue weighted by molar-refractivity contribution is -0.0366. The number of nitrogens with one attached hydrogen (secondary N) is 1. The monoisotopic (exact) mass is 403 g/mol. The molecule has 0 aliphatic carbocycles. The first-order chi connectivity index (χ1) is 12.2. The van der Waals surface area contributed by atoms with E-state index in [0.29, 0.717) is 12.1 Å². The zero-order valence-electron chi connectivity index (χ0n) is 13.7. The Labute approximate surface area is 154 Å². The quantitative estimate of drug-likeness (QED) is 0.646. The molecule has 6 heteroatoms. The third-order valence-corrected chi connectivity index (χ3v) is 5.20. The van der Waals surface area contributed by atoms with Crippen LogP contribution in [0.15, 0.2) is 47.1 Å². The van der Waals surface area contributed by atoms with Crippen molar-refractivity contribution in [3.63, 3.8) is 0 Å². The number of halogens is 2. The molecule has 3 aromatic rings. The molecule has 25 heavy (non-hydrogen) atoms. The molecule has 0 radical (unpaired) electrons. The summed E-state index contributed by atoms with van der Waals surface area (Å²) in [6.07, 6.45) is 5.13. The summed E-state index contributed by atoms with van der Waals surface area (Å²) in [5.74, 6) is -0.200. The van der Waals surface area contributed by atoms with Crippen molar-refractivity contribution < 1.29 is 9.13 Å². The van der Waals surface area contributed by atoms with Crippen LogP contribution in [0.4, 0.5) is 10.1 Å². The Balaban J connectivity index is 1.59. The standard InChI is InChI=1S/C19H19BrFN3O/c20-15-10-18-14(12-23-24(18)19-7-3-4-8-25-19)9-17(15)22-11-13-5-1-2-6-16(13)21/h1-2,5-6,9-10,12,19,22H,3-4,7-8,11H2. The highest BCUT2D eigenvalue weighted by Gasteiger charge is 2.19. The first kappa shape index (κ1) is 16.5. The fourth-order valence-corrected chi connectivity index (χ4v) is 3.65. The number of fused-ring (bicyclic) bond motifs is 1. The zero-order chi connectivity index (χ0) is 17.2. The molecule has 0 spiro atoms. The Kier molecular flexibility index (Phi) is 4.72. The Morgan fingerprint density at radius 1 is 1.28 bits per heavy atom. The lowest BCUT2D eigenvalue weighted by Gasteiger charge is -2.23. The second kappa shape index (κ2) is 7.14. The van der Waals surface area contributed by atoms with E-state index in [9.17, 15) is 4.39 Å². The van der Waals surface area contributed by atoms with Gasteiger partial charge in [-0.2, -0.15) is 5.10 Å². The number of ether oxygens (including phenoxy) is 1. The largest absolute Gasteiger partial charge is 0.380 e. The molecule has 1 aromatic heterocycles. The van der Waals surface area contributed by atoms with Crippen molar-refractivity contribution in [1.29, 1.82) is 0 Å². The second-order valence-electron chi connectivity index (χ2n) is 6.25. The van der Waals surface area contributed by atoms with Crippen LogP contribution in [0.1, 0.15) is 31.1 Å². The van der Waals surface area contributed by atoms with E-state index in [-0.39, 0.29) is 12.0 Å². The second-order valence-corrected chi connectivity index (χ2v) is 7.10. The van der Waals surface area contributed by atoms with Crippen LogP contribution in [0.2, 0.25) is 0 Å². The van der Waals surface area contributed by atoms with Gasteiger partial charge in [0.15, 0.2) is 6.23 Å². The number of anilines is 1. The van der Waals surface area contributed by atoms with Crippen LogP contribution < -0.4 is 5.32 Å². The Bertz CT molecular complexity index is 890.